The number of amides is 2. The third kappa shape index (κ3) is 8.05. The lowest BCUT2D eigenvalue weighted by atomic mass is 10.1. The summed E-state index contributed by atoms with van der Waals surface area (Å²) >= 11 is 0. The van der Waals surface area contributed by atoms with Crippen LogP contribution < -0.4 is 21.8 Å². The first-order valence-corrected chi connectivity index (χ1v) is 10.6. The maximum atomic E-state index is 13.7. The number of carbonyl (C=O) groups excluding carboxylic acids is 2. The van der Waals surface area contributed by atoms with Gasteiger partial charge in [-0.05, 0) is 48.0 Å². The summed E-state index contributed by atoms with van der Waals surface area (Å²) in [5, 5.41) is 14.3. The van der Waals surface area contributed by atoms with Crippen molar-refractivity contribution in [1.29, 1.82) is 0 Å². The van der Waals surface area contributed by atoms with E-state index in [-0.39, 0.29) is 19.8 Å². The highest BCUT2D eigenvalue weighted by Crippen LogP contribution is 2.08. The Morgan fingerprint density at radius 3 is 2.09 bits per heavy atom. The van der Waals surface area contributed by atoms with Crippen molar-refractivity contribution >= 4 is 11.8 Å². The number of hydrogen-bond donors (Lipinski definition) is 5. The number of nitrogens with two attached hydrogens (primary N) is 1. The molecule has 0 aromatic heterocycles. The maximum absolute atomic E-state index is 13.7. The fraction of sp³-hybridized carbons (Fsp3) is 0.185. The van der Waals surface area contributed by atoms with Gasteiger partial charge in [0.2, 0.25) is 0 Å². The number of carbonyl (C=O) groups is 2. The summed E-state index contributed by atoms with van der Waals surface area (Å²) in [5.74, 6) is 4.62. The molecule has 0 bridgehead atoms. The van der Waals surface area contributed by atoms with Crippen LogP contribution in [0.2, 0.25) is 0 Å². The topological polar surface area (TPSA) is 116 Å². The zero-order chi connectivity index (χ0) is 24.3. The molecule has 0 heterocycles. The molecule has 182 valence electrons. The number of rotatable bonds is 8. The van der Waals surface area contributed by atoms with E-state index in [4.69, 9.17) is 10.9 Å². The van der Waals surface area contributed by atoms with E-state index in [2.05, 4.69) is 22.5 Å². The van der Waals surface area contributed by atoms with Gasteiger partial charge in [-0.2, -0.15) is 0 Å². The van der Waals surface area contributed by atoms with Gasteiger partial charge in [0.25, 0.3) is 11.8 Å². The molecule has 1 atom stereocenters. The lowest BCUT2D eigenvalue weighted by Crippen LogP contribution is -2.50. The first kappa shape index (κ1) is 27.2. The Morgan fingerprint density at radius 1 is 0.914 bits per heavy atom. The fourth-order valence-electron chi connectivity index (χ4n) is 3.09. The van der Waals surface area contributed by atoms with Gasteiger partial charge in [0.1, 0.15) is 11.9 Å². The van der Waals surface area contributed by atoms with Crippen LogP contribution in [0, 0.1) is 17.7 Å². The van der Waals surface area contributed by atoms with E-state index in [1.165, 1.54) is 11.5 Å². The van der Waals surface area contributed by atoms with Crippen LogP contribution in [0.5, 0.6) is 0 Å². The Hall–Kier alpha value is -4.03. The molecule has 7 nitrogen and oxygen atoms in total. The Balaban J connectivity index is 0.00000432. The van der Waals surface area contributed by atoms with Gasteiger partial charge >= 0.3 is 0 Å². The van der Waals surface area contributed by atoms with Crippen LogP contribution in [-0.4, -0.2) is 29.6 Å². The molecule has 0 aliphatic carbocycles. The van der Waals surface area contributed by atoms with E-state index in [1.54, 1.807) is 36.4 Å². The minimum Gasteiger partial charge on any atom is -0.339 e. The van der Waals surface area contributed by atoms with Crippen LogP contribution in [0.3, 0.4) is 0 Å². The highest BCUT2D eigenvalue weighted by molar-refractivity contribution is 5.97. The molecule has 3 rings (SSSR count). The zero-order valence-electron chi connectivity index (χ0n) is 18.3. The van der Waals surface area contributed by atoms with Gasteiger partial charge in [0, 0.05) is 41.9 Å². The zero-order valence-corrected chi connectivity index (χ0v) is 18.3. The first-order chi connectivity index (χ1) is 16.5. The molecule has 0 radical (unpaired) electrons. The number of hydrogen-bond acceptors (Lipinski definition) is 5. The Morgan fingerprint density at radius 2 is 1.51 bits per heavy atom. The third-order valence-electron chi connectivity index (χ3n) is 5.02. The van der Waals surface area contributed by atoms with Crippen molar-refractivity contribution in [3.05, 3.63) is 106 Å². The van der Waals surface area contributed by atoms with Crippen molar-refractivity contribution in [2.75, 3.05) is 6.54 Å². The van der Waals surface area contributed by atoms with Crippen LogP contribution in [0.25, 0.3) is 0 Å². The molecule has 2 amide bonds. The molecule has 35 heavy (non-hydrogen) atoms. The average Bonchev–Trinajstić information content (AvgIpc) is 2.87. The lowest BCUT2D eigenvalue weighted by Gasteiger charge is -2.14. The largest absolute Gasteiger partial charge is 0.339 e. The van der Waals surface area contributed by atoms with Crippen molar-refractivity contribution in [3.63, 3.8) is 0 Å². The number of hydroxylamine groups is 1. The van der Waals surface area contributed by atoms with Crippen LogP contribution in [-0.2, 0) is 17.9 Å². The molecular formula is C27H29FN4O3. The number of halogens is 1. The SMILES string of the molecule is C.NC[C@H](NC(=O)c1ccc(C#Cc2ccc(CNCc3ccccc3F)cc2)cc1)C(=O)NO. The fourth-order valence-corrected chi connectivity index (χ4v) is 3.09. The van der Waals surface area contributed by atoms with Gasteiger partial charge in [0.05, 0.1) is 0 Å². The normalized spacial score (nSPS) is 10.8. The molecular weight excluding hydrogens is 447 g/mol. The number of nitrogens with one attached hydrogen (secondary N) is 3. The summed E-state index contributed by atoms with van der Waals surface area (Å²) < 4.78 is 13.7. The van der Waals surface area contributed by atoms with Gasteiger partial charge < -0.3 is 16.4 Å². The molecule has 0 fully saturated rings. The average molecular weight is 477 g/mol. The van der Waals surface area contributed by atoms with E-state index in [0.29, 0.717) is 24.2 Å². The summed E-state index contributed by atoms with van der Waals surface area (Å²) in [5.41, 5.74) is 10.5. The van der Waals surface area contributed by atoms with Gasteiger partial charge in [0.15, 0.2) is 0 Å². The molecule has 0 saturated carbocycles. The summed E-state index contributed by atoms with van der Waals surface area (Å²) in [6.07, 6.45) is 0. The molecule has 8 heteroatoms. The number of benzene rings is 3. The summed E-state index contributed by atoms with van der Waals surface area (Å²) in [6.45, 7) is 0.905. The van der Waals surface area contributed by atoms with Crippen LogP contribution in [0.15, 0.2) is 72.8 Å². The molecule has 0 aliphatic heterocycles. The van der Waals surface area contributed by atoms with Crippen molar-refractivity contribution in [3.8, 4) is 11.8 Å². The minimum absolute atomic E-state index is 0. The second-order valence-corrected chi connectivity index (χ2v) is 7.46. The molecule has 0 unspecified atom stereocenters. The maximum Gasteiger partial charge on any atom is 0.267 e. The smallest absolute Gasteiger partial charge is 0.267 e. The summed E-state index contributed by atoms with van der Waals surface area (Å²) in [4.78, 5) is 23.7. The van der Waals surface area contributed by atoms with Gasteiger partial charge in [-0.1, -0.05) is 49.6 Å². The Kier molecular flexibility index (Phi) is 10.6. The van der Waals surface area contributed by atoms with Crippen LogP contribution >= 0.6 is 0 Å². The van der Waals surface area contributed by atoms with Crippen molar-refractivity contribution < 1.29 is 19.2 Å². The van der Waals surface area contributed by atoms with Gasteiger partial charge in [-0.15, -0.1) is 0 Å². The molecule has 0 aliphatic rings. The Bertz CT molecular complexity index is 1190. The monoisotopic (exact) mass is 476 g/mol. The Labute approximate surface area is 204 Å². The summed E-state index contributed by atoms with van der Waals surface area (Å²) in [6, 6.07) is 20.0. The standard InChI is InChI=1S/C26H25FN4O3.CH4/c27-23-4-2-1-3-22(23)17-29-16-20-9-7-18(8-10-20)5-6-19-11-13-21(14-12-19)25(32)30-24(15-28)26(33)31-34;/h1-4,7-14,24,29,34H,15-17,28H2,(H,30,32)(H,31,33);1H4/t24-;/m0./s1. The highest BCUT2D eigenvalue weighted by Gasteiger charge is 2.19. The van der Waals surface area contributed by atoms with E-state index >= 15 is 0 Å². The van der Waals surface area contributed by atoms with Gasteiger partial charge in [-0.25, -0.2) is 9.87 Å². The highest BCUT2D eigenvalue weighted by atomic mass is 19.1. The second kappa shape index (κ2) is 13.6. The predicted molar refractivity (Wildman–Crippen MR) is 133 cm³/mol. The van der Waals surface area contributed by atoms with E-state index in [9.17, 15) is 14.0 Å². The molecule has 0 spiro atoms. The van der Waals surface area contributed by atoms with Crippen LogP contribution in [0.1, 0.15) is 40.0 Å². The summed E-state index contributed by atoms with van der Waals surface area (Å²) in [7, 11) is 0. The van der Waals surface area contributed by atoms with Crippen LogP contribution in [0.4, 0.5) is 4.39 Å². The molecule has 3 aromatic rings. The minimum atomic E-state index is -1.03. The molecule has 0 saturated heterocycles. The third-order valence-corrected chi connectivity index (χ3v) is 5.02. The van der Waals surface area contributed by atoms with E-state index in [1.807, 2.05) is 30.3 Å². The van der Waals surface area contributed by atoms with Crippen molar-refractivity contribution in [2.45, 2.75) is 26.6 Å². The van der Waals surface area contributed by atoms with Crippen molar-refractivity contribution in [2.24, 2.45) is 5.73 Å². The molecule has 3 aromatic carbocycles. The molecule has 6 N–H and O–H groups in total. The van der Waals surface area contributed by atoms with Gasteiger partial charge in [-0.3, -0.25) is 14.8 Å². The lowest BCUT2D eigenvalue weighted by molar-refractivity contribution is -0.130. The first-order valence-electron chi connectivity index (χ1n) is 10.6. The van der Waals surface area contributed by atoms with E-state index in [0.717, 1.165) is 16.7 Å². The quantitative estimate of drug-likeness (QED) is 0.195. The van der Waals surface area contributed by atoms with E-state index < -0.39 is 17.9 Å². The van der Waals surface area contributed by atoms with Crippen molar-refractivity contribution in [1.82, 2.24) is 16.1 Å². The predicted octanol–water partition coefficient (Wildman–Crippen LogP) is 2.71. The second-order valence-electron chi connectivity index (χ2n) is 7.46.